The van der Waals surface area contributed by atoms with Gasteiger partial charge in [0.25, 0.3) is 0 Å². The monoisotopic (exact) mass is 203 g/mol. The third kappa shape index (κ3) is 1.80. The van der Waals surface area contributed by atoms with Crippen LogP contribution in [0.25, 0.3) is 5.69 Å². The van der Waals surface area contributed by atoms with Crippen LogP contribution >= 0.6 is 0 Å². The summed E-state index contributed by atoms with van der Waals surface area (Å²) in [5, 5.41) is 19.7. The van der Waals surface area contributed by atoms with Crippen LogP contribution in [0.2, 0.25) is 0 Å². The first-order chi connectivity index (χ1) is 7.16. The van der Waals surface area contributed by atoms with Crippen LogP contribution in [-0.2, 0) is 0 Å². The van der Waals surface area contributed by atoms with E-state index in [0.717, 1.165) is 0 Å². The first-order valence-electron chi connectivity index (χ1n) is 4.21. The molecule has 5 heteroatoms. The molecule has 76 valence electrons. The van der Waals surface area contributed by atoms with Gasteiger partial charge in [0.1, 0.15) is 6.33 Å². The molecule has 0 spiro atoms. The molecule has 0 saturated heterocycles. The van der Waals surface area contributed by atoms with Crippen LogP contribution in [-0.4, -0.2) is 20.6 Å². The average Bonchev–Trinajstić information content (AvgIpc) is 2.66. The number of imidazole rings is 1. The molecule has 2 rings (SSSR count). The van der Waals surface area contributed by atoms with Crippen LogP contribution in [0, 0.1) is 0 Å². The SMILES string of the molecule is O=C(O)c1cn(-c2cccc([O-])c2)cn1. The molecule has 0 bridgehead atoms. The fourth-order valence-electron chi connectivity index (χ4n) is 1.22. The highest BCUT2D eigenvalue weighted by Gasteiger charge is 2.06. The lowest BCUT2D eigenvalue weighted by atomic mass is 10.3. The fourth-order valence-corrected chi connectivity index (χ4v) is 1.22. The van der Waals surface area contributed by atoms with E-state index < -0.39 is 5.97 Å². The van der Waals surface area contributed by atoms with Crippen LogP contribution in [0.5, 0.6) is 5.75 Å². The molecule has 0 aliphatic carbocycles. The Morgan fingerprint density at radius 1 is 1.47 bits per heavy atom. The number of aromatic nitrogens is 2. The van der Waals surface area contributed by atoms with E-state index in [1.807, 2.05) is 0 Å². The molecule has 0 radical (unpaired) electrons. The number of aromatic carboxylic acids is 1. The van der Waals surface area contributed by atoms with Crippen molar-refractivity contribution >= 4 is 5.97 Å². The van der Waals surface area contributed by atoms with Gasteiger partial charge in [-0.1, -0.05) is 12.1 Å². The van der Waals surface area contributed by atoms with E-state index in [9.17, 15) is 9.90 Å². The maximum Gasteiger partial charge on any atom is 0.356 e. The maximum absolute atomic E-state index is 11.1. The Morgan fingerprint density at radius 3 is 2.87 bits per heavy atom. The minimum absolute atomic E-state index is 0.0497. The molecule has 1 N–H and O–H groups in total. The lowest BCUT2D eigenvalue weighted by Crippen LogP contribution is -1.96. The summed E-state index contributed by atoms with van der Waals surface area (Å²) in [6.45, 7) is 0. The van der Waals surface area contributed by atoms with Gasteiger partial charge in [-0.05, 0) is 12.1 Å². The van der Waals surface area contributed by atoms with Gasteiger partial charge in [0.15, 0.2) is 5.69 Å². The highest BCUT2D eigenvalue weighted by Crippen LogP contribution is 2.13. The van der Waals surface area contributed by atoms with Crippen LogP contribution < -0.4 is 5.11 Å². The lowest BCUT2D eigenvalue weighted by Gasteiger charge is -2.07. The number of hydrogen-bond donors (Lipinski definition) is 1. The largest absolute Gasteiger partial charge is 0.872 e. The number of carboxylic acids is 1. The quantitative estimate of drug-likeness (QED) is 0.777. The number of carbonyl (C=O) groups is 1. The predicted molar refractivity (Wildman–Crippen MR) is 50.0 cm³/mol. The zero-order chi connectivity index (χ0) is 10.8. The van der Waals surface area contributed by atoms with Gasteiger partial charge in [0, 0.05) is 11.9 Å². The molecule has 0 aliphatic heterocycles. The van der Waals surface area contributed by atoms with Gasteiger partial charge in [-0.2, -0.15) is 0 Å². The van der Waals surface area contributed by atoms with E-state index in [4.69, 9.17) is 5.11 Å². The van der Waals surface area contributed by atoms with E-state index in [2.05, 4.69) is 4.98 Å². The molecule has 1 heterocycles. The average molecular weight is 203 g/mol. The highest BCUT2D eigenvalue weighted by atomic mass is 16.4. The summed E-state index contributed by atoms with van der Waals surface area (Å²) >= 11 is 0. The van der Waals surface area contributed by atoms with Crippen LogP contribution in [0.3, 0.4) is 0 Å². The number of benzene rings is 1. The molecule has 0 saturated carbocycles. The summed E-state index contributed by atoms with van der Waals surface area (Å²) in [7, 11) is 0. The number of rotatable bonds is 2. The maximum atomic E-state index is 11.1. The van der Waals surface area contributed by atoms with Gasteiger partial charge in [0.2, 0.25) is 0 Å². The van der Waals surface area contributed by atoms with Crippen LogP contribution in [0.15, 0.2) is 36.8 Å². The minimum Gasteiger partial charge on any atom is -0.872 e. The summed E-state index contributed by atoms with van der Waals surface area (Å²) in [4.78, 5) is 14.3. The number of hydrogen-bond acceptors (Lipinski definition) is 3. The lowest BCUT2D eigenvalue weighted by molar-refractivity contribution is -0.268. The van der Waals surface area contributed by atoms with Crippen molar-refractivity contribution in [1.82, 2.24) is 9.55 Å². The number of carboxylic acid groups (broad SMARTS) is 1. The second kappa shape index (κ2) is 3.45. The normalized spacial score (nSPS) is 10.1. The molecular weight excluding hydrogens is 196 g/mol. The van der Waals surface area contributed by atoms with Gasteiger partial charge >= 0.3 is 5.97 Å². The summed E-state index contributed by atoms with van der Waals surface area (Å²) in [5.41, 5.74) is 0.550. The summed E-state index contributed by atoms with van der Waals surface area (Å²) in [6, 6.07) is 6.15. The van der Waals surface area contributed by atoms with Gasteiger partial charge in [-0.15, -0.1) is 5.75 Å². The first kappa shape index (κ1) is 9.26. The summed E-state index contributed by atoms with van der Waals surface area (Å²) in [6.07, 6.45) is 2.72. The molecule has 2 aromatic rings. The van der Waals surface area contributed by atoms with Crippen molar-refractivity contribution in [3.63, 3.8) is 0 Å². The Bertz CT molecular complexity index is 505. The third-order valence-electron chi connectivity index (χ3n) is 1.92. The predicted octanol–water partition coefficient (Wildman–Crippen LogP) is 0.644. The van der Waals surface area contributed by atoms with Crippen molar-refractivity contribution < 1.29 is 15.0 Å². The zero-order valence-electron chi connectivity index (χ0n) is 7.62. The van der Waals surface area contributed by atoms with Gasteiger partial charge in [-0.25, -0.2) is 9.78 Å². The van der Waals surface area contributed by atoms with E-state index in [-0.39, 0.29) is 11.4 Å². The molecule has 5 nitrogen and oxygen atoms in total. The van der Waals surface area contributed by atoms with Crippen LogP contribution in [0.4, 0.5) is 0 Å². The standard InChI is InChI=1S/C10H8N2O3/c13-8-3-1-2-7(4-8)12-5-9(10(14)15)11-6-12/h1-6,13H,(H,14,15)/p-1. The van der Waals surface area contributed by atoms with E-state index in [1.54, 1.807) is 12.1 Å². The molecule has 0 atom stereocenters. The van der Waals surface area contributed by atoms with Crippen molar-refractivity contribution in [2.45, 2.75) is 0 Å². The van der Waals surface area contributed by atoms with E-state index in [1.165, 1.54) is 29.2 Å². The van der Waals surface area contributed by atoms with Gasteiger partial charge < -0.3 is 14.8 Å². The molecule has 1 aromatic heterocycles. The second-order valence-electron chi connectivity index (χ2n) is 2.97. The van der Waals surface area contributed by atoms with Crippen LogP contribution in [0.1, 0.15) is 10.5 Å². The molecule has 0 unspecified atom stereocenters. The molecule has 1 aromatic carbocycles. The topological polar surface area (TPSA) is 78.2 Å². The summed E-state index contributed by atoms with van der Waals surface area (Å²) < 4.78 is 1.49. The molecular formula is C10H7N2O3-. The van der Waals surface area contributed by atoms with Gasteiger partial charge in [0.05, 0.1) is 0 Å². The van der Waals surface area contributed by atoms with Crippen molar-refractivity contribution in [1.29, 1.82) is 0 Å². The van der Waals surface area contributed by atoms with E-state index >= 15 is 0 Å². The Kier molecular flexibility index (Phi) is 2.13. The first-order valence-corrected chi connectivity index (χ1v) is 4.21. The van der Waals surface area contributed by atoms with Gasteiger partial charge in [-0.3, -0.25) is 0 Å². The Morgan fingerprint density at radius 2 is 2.27 bits per heavy atom. The van der Waals surface area contributed by atoms with E-state index in [0.29, 0.717) is 5.69 Å². The zero-order valence-corrected chi connectivity index (χ0v) is 7.62. The second-order valence-corrected chi connectivity index (χ2v) is 2.97. The molecule has 15 heavy (non-hydrogen) atoms. The molecule has 0 amide bonds. The molecule has 0 fully saturated rings. The van der Waals surface area contributed by atoms with Crippen molar-refractivity contribution in [3.8, 4) is 11.4 Å². The highest BCUT2D eigenvalue weighted by molar-refractivity contribution is 5.85. The fraction of sp³-hybridized carbons (Fsp3) is 0. The third-order valence-corrected chi connectivity index (χ3v) is 1.92. The number of nitrogens with zero attached hydrogens (tertiary/aromatic N) is 2. The van der Waals surface area contributed by atoms with Crippen molar-refractivity contribution in [3.05, 3.63) is 42.5 Å². The summed E-state index contributed by atoms with van der Waals surface area (Å²) in [5.74, 6) is -1.22. The van der Waals surface area contributed by atoms with Crippen molar-refractivity contribution in [2.24, 2.45) is 0 Å². The van der Waals surface area contributed by atoms with Crippen molar-refractivity contribution in [2.75, 3.05) is 0 Å². The Hall–Kier alpha value is -2.30. The Balaban J connectivity index is 2.41. The molecule has 0 aliphatic rings. The minimum atomic E-state index is -1.09. The smallest absolute Gasteiger partial charge is 0.356 e. The Labute approximate surface area is 85.2 Å².